The Kier molecular flexibility index (Phi) is 6.30. The summed E-state index contributed by atoms with van der Waals surface area (Å²) in [5.74, 6) is -0.765. The summed E-state index contributed by atoms with van der Waals surface area (Å²) in [6.45, 7) is 5.51. The van der Waals surface area contributed by atoms with E-state index in [1.54, 1.807) is 49.8 Å². The lowest BCUT2D eigenvalue weighted by molar-refractivity contribution is -0.151. The van der Waals surface area contributed by atoms with E-state index >= 15 is 0 Å². The highest BCUT2D eigenvalue weighted by Crippen LogP contribution is 2.43. The van der Waals surface area contributed by atoms with Crippen molar-refractivity contribution < 1.29 is 14.3 Å². The molecule has 1 fully saturated rings. The molecule has 1 saturated carbocycles. The van der Waals surface area contributed by atoms with Crippen LogP contribution in [-0.2, 0) is 9.53 Å². The highest BCUT2D eigenvalue weighted by molar-refractivity contribution is 6.35. The van der Waals surface area contributed by atoms with E-state index in [-0.39, 0.29) is 30.4 Å². The Labute approximate surface area is 174 Å². The molecule has 1 heterocycles. The third-order valence-corrected chi connectivity index (χ3v) is 5.01. The number of amides is 1. The van der Waals surface area contributed by atoms with E-state index in [4.69, 9.17) is 27.9 Å². The van der Waals surface area contributed by atoms with Crippen LogP contribution < -0.4 is 5.32 Å². The SMILES string of the molecule is CC(C)OC(=O)[C@H](C)CNC(=O)c1cnn(-c2ccc(Cl)cc2Cl)c1C1CC1. The fraction of sp³-hybridized carbons (Fsp3) is 0.450. The molecule has 0 saturated heterocycles. The van der Waals surface area contributed by atoms with E-state index in [9.17, 15) is 9.59 Å². The van der Waals surface area contributed by atoms with Crippen molar-refractivity contribution in [3.05, 3.63) is 45.7 Å². The molecule has 150 valence electrons. The Hall–Kier alpha value is -2.05. The first kappa shape index (κ1) is 20.7. The van der Waals surface area contributed by atoms with Gasteiger partial charge in [0.15, 0.2) is 0 Å². The molecule has 1 N–H and O–H groups in total. The number of nitrogens with zero attached hydrogens (tertiary/aromatic N) is 2. The van der Waals surface area contributed by atoms with E-state index in [0.717, 1.165) is 18.5 Å². The van der Waals surface area contributed by atoms with Crippen molar-refractivity contribution in [3.8, 4) is 5.69 Å². The van der Waals surface area contributed by atoms with Crippen LogP contribution in [0.15, 0.2) is 24.4 Å². The normalized spacial score (nSPS) is 14.8. The first-order valence-electron chi connectivity index (χ1n) is 9.30. The Bertz CT molecular complexity index is 891. The van der Waals surface area contributed by atoms with Gasteiger partial charge in [0.05, 0.1) is 40.2 Å². The topological polar surface area (TPSA) is 73.2 Å². The molecule has 2 aromatic rings. The maximum absolute atomic E-state index is 12.8. The molecule has 0 bridgehead atoms. The van der Waals surface area contributed by atoms with Gasteiger partial charge in [0, 0.05) is 17.5 Å². The number of carbonyl (C=O) groups is 2. The second-order valence-corrected chi connectivity index (χ2v) is 8.17. The number of rotatable bonds is 7. The standard InChI is InChI=1S/C20H23Cl2N3O3/c1-11(2)28-20(27)12(3)9-23-19(26)15-10-24-25(18(15)13-4-5-13)17-7-6-14(21)8-16(17)22/h6-8,10-13H,4-5,9H2,1-3H3,(H,23,26)/t12-/m1/s1. The number of ether oxygens (including phenoxy) is 1. The summed E-state index contributed by atoms with van der Waals surface area (Å²) in [5.41, 5.74) is 2.01. The maximum atomic E-state index is 12.8. The number of aromatic nitrogens is 2. The molecule has 28 heavy (non-hydrogen) atoms. The molecule has 1 atom stereocenters. The number of benzene rings is 1. The molecular weight excluding hydrogens is 401 g/mol. The van der Waals surface area contributed by atoms with Crippen molar-refractivity contribution in [3.63, 3.8) is 0 Å². The van der Waals surface area contributed by atoms with Crippen molar-refractivity contribution >= 4 is 35.1 Å². The number of esters is 1. The molecule has 1 aromatic heterocycles. The smallest absolute Gasteiger partial charge is 0.310 e. The Balaban J connectivity index is 1.78. The Morgan fingerprint density at radius 2 is 2.00 bits per heavy atom. The summed E-state index contributed by atoms with van der Waals surface area (Å²) in [4.78, 5) is 24.7. The molecule has 1 aliphatic carbocycles. The summed E-state index contributed by atoms with van der Waals surface area (Å²) in [6, 6.07) is 5.18. The molecule has 0 radical (unpaired) electrons. The third kappa shape index (κ3) is 4.67. The predicted octanol–water partition coefficient (Wildman–Crippen LogP) is 4.37. The molecule has 0 aliphatic heterocycles. The largest absolute Gasteiger partial charge is 0.463 e. The van der Waals surface area contributed by atoms with Gasteiger partial charge in [-0.1, -0.05) is 30.1 Å². The summed E-state index contributed by atoms with van der Waals surface area (Å²) < 4.78 is 6.88. The molecule has 6 nitrogen and oxygen atoms in total. The van der Waals surface area contributed by atoms with Crippen molar-refractivity contribution in [1.29, 1.82) is 0 Å². The minimum absolute atomic E-state index is 0.186. The lowest BCUT2D eigenvalue weighted by Crippen LogP contribution is -2.33. The fourth-order valence-electron chi connectivity index (χ4n) is 2.90. The molecule has 8 heteroatoms. The van der Waals surface area contributed by atoms with Crippen LogP contribution in [0.4, 0.5) is 0 Å². The molecular formula is C20H23Cl2N3O3. The minimum Gasteiger partial charge on any atom is -0.463 e. The minimum atomic E-state index is -0.434. The van der Waals surface area contributed by atoms with E-state index < -0.39 is 5.92 Å². The van der Waals surface area contributed by atoms with Crippen LogP contribution in [0.5, 0.6) is 0 Å². The summed E-state index contributed by atoms with van der Waals surface area (Å²) in [6.07, 6.45) is 3.35. The van der Waals surface area contributed by atoms with Crippen LogP contribution in [0.1, 0.15) is 55.6 Å². The van der Waals surface area contributed by atoms with Crippen molar-refractivity contribution in [2.24, 2.45) is 5.92 Å². The van der Waals surface area contributed by atoms with Gasteiger partial charge in [-0.15, -0.1) is 0 Å². The highest BCUT2D eigenvalue weighted by Gasteiger charge is 2.33. The second kappa shape index (κ2) is 8.53. The molecule has 0 unspecified atom stereocenters. The summed E-state index contributed by atoms with van der Waals surface area (Å²) >= 11 is 12.3. The predicted molar refractivity (Wildman–Crippen MR) is 108 cm³/mol. The lowest BCUT2D eigenvalue weighted by Gasteiger charge is -2.15. The van der Waals surface area contributed by atoms with Gasteiger partial charge in [-0.25, -0.2) is 4.68 Å². The number of hydrogen-bond donors (Lipinski definition) is 1. The Morgan fingerprint density at radius 3 is 2.61 bits per heavy atom. The van der Waals surface area contributed by atoms with E-state index in [0.29, 0.717) is 21.3 Å². The van der Waals surface area contributed by atoms with Gasteiger partial charge in [-0.2, -0.15) is 5.10 Å². The van der Waals surface area contributed by atoms with Gasteiger partial charge in [0.25, 0.3) is 5.91 Å². The van der Waals surface area contributed by atoms with E-state index in [1.807, 2.05) is 0 Å². The number of halogens is 2. The first-order valence-corrected chi connectivity index (χ1v) is 10.1. The molecule has 3 rings (SSSR count). The number of hydrogen-bond acceptors (Lipinski definition) is 4. The second-order valence-electron chi connectivity index (χ2n) is 7.32. The molecule has 0 spiro atoms. The highest BCUT2D eigenvalue weighted by atomic mass is 35.5. The van der Waals surface area contributed by atoms with Crippen LogP contribution in [0, 0.1) is 5.92 Å². The number of nitrogens with one attached hydrogen (secondary N) is 1. The maximum Gasteiger partial charge on any atom is 0.310 e. The van der Waals surface area contributed by atoms with Gasteiger partial charge in [-0.05, 0) is 44.9 Å². The van der Waals surface area contributed by atoms with Gasteiger partial charge in [0.1, 0.15) is 0 Å². The first-order chi connectivity index (χ1) is 13.3. The third-order valence-electron chi connectivity index (χ3n) is 4.48. The molecule has 1 amide bonds. The molecule has 1 aromatic carbocycles. The average Bonchev–Trinajstić information content (AvgIpc) is 3.37. The van der Waals surface area contributed by atoms with Crippen LogP contribution in [0.2, 0.25) is 10.0 Å². The van der Waals surface area contributed by atoms with Gasteiger partial charge >= 0.3 is 5.97 Å². The van der Waals surface area contributed by atoms with Crippen LogP contribution in [-0.4, -0.2) is 34.3 Å². The zero-order chi connectivity index (χ0) is 20.4. The Morgan fingerprint density at radius 1 is 1.29 bits per heavy atom. The molecule has 1 aliphatic rings. The van der Waals surface area contributed by atoms with E-state index in [2.05, 4.69) is 10.4 Å². The van der Waals surface area contributed by atoms with Gasteiger partial charge in [-0.3, -0.25) is 9.59 Å². The quantitative estimate of drug-likeness (QED) is 0.670. The van der Waals surface area contributed by atoms with Crippen molar-refractivity contribution in [1.82, 2.24) is 15.1 Å². The zero-order valence-electron chi connectivity index (χ0n) is 16.0. The zero-order valence-corrected chi connectivity index (χ0v) is 17.5. The average molecular weight is 424 g/mol. The summed E-state index contributed by atoms with van der Waals surface area (Å²) in [7, 11) is 0. The monoisotopic (exact) mass is 423 g/mol. The fourth-order valence-corrected chi connectivity index (χ4v) is 3.39. The van der Waals surface area contributed by atoms with Crippen molar-refractivity contribution in [2.45, 2.75) is 45.6 Å². The van der Waals surface area contributed by atoms with Gasteiger partial charge in [0.2, 0.25) is 0 Å². The van der Waals surface area contributed by atoms with Crippen LogP contribution >= 0.6 is 23.2 Å². The van der Waals surface area contributed by atoms with E-state index in [1.165, 1.54) is 0 Å². The summed E-state index contributed by atoms with van der Waals surface area (Å²) in [5, 5.41) is 8.22. The lowest BCUT2D eigenvalue weighted by atomic mass is 10.1. The number of carbonyl (C=O) groups excluding carboxylic acids is 2. The van der Waals surface area contributed by atoms with Crippen LogP contribution in [0.3, 0.4) is 0 Å². The van der Waals surface area contributed by atoms with Gasteiger partial charge < -0.3 is 10.1 Å². The van der Waals surface area contributed by atoms with Crippen molar-refractivity contribution in [2.75, 3.05) is 6.54 Å². The van der Waals surface area contributed by atoms with Crippen LogP contribution in [0.25, 0.3) is 5.69 Å².